The summed E-state index contributed by atoms with van der Waals surface area (Å²) in [6.07, 6.45) is 5.37. The summed E-state index contributed by atoms with van der Waals surface area (Å²) in [6, 6.07) is 11.3. The molecule has 0 spiro atoms. The molecule has 2 aliphatic rings. The SMILES string of the molecule is O=C(Nc1ccc(F)cc1Cl)c1c2c(nc3ccccc13)C(=O)N(C1CCCCC1)C2. The number of pyridine rings is 1. The molecule has 1 saturated carbocycles. The van der Waals surface area contributed by atoms with E-state index >= 15 is 0 Å². The van der Waals surface area contributed by atoms with Crippen LogP contribution in [0.5, 0.6) is 0 Å². The fourth-order valence-corrected chi connectivity index (χ4v) is 4.90. The molecule has 1 aromatic heterocycles. The first-order valence-electron chi connectivity index (χ1n) is 10.5. The predicted molar refractivity (Wildman–Crippen MR) is 118 cm³/mol. The van der Waals surface area contributed by atoms with Gasteiger partial charge in [-0.1, -0.05) is 49.1 Å². The number of halogens is 2. The summed E-state index contributed by atoms with van der Waals surface area (Å²) in [4.78, 5) is 33.1. The van der Waals surface area contributed by atoms with Crippen molar-refractivity contribution in [3.63, 3.8) is 0 Å². The molecule has 5 rings (SSSR count). The molecule has 0 bridgehead atoms. The van der Waals surface area contributed by atoms with Crippen molar-refractivity contribution in [2.45, 2.75) is 44.7 Å². The summed E-state index contributed by atoms with van der Waals surface area (Å²) in [7, 11) is 0. The minimum absolute atomic E-state index is 0.110. The monoisotopic (exact) mass is 437 g/mol. The van der Waals surface area contributed by atoms with Crippen LogP contribution in [0.25, 0.3) is 10.9 Å². The Bertz CT molecular complexity index is 1210. The number of fused-ring (bicyclic) bond motifs is 2. The Labute approximate surface area is 184 Å². The first-order chi connectivity index (χ1) is 15.0. The van der Waals surface area contributed by atoms with E-state index in [1.54, 1.807) is 6.07 Å². The zero-order valence-electron chi connectivity index (χ0n) is 16.8. The van der Waals surface area contributed by atoms with Crippen LogP contribution in [0.15, 0.2) is 42.5 Å². The van der Waals surface area contributed by atoms with Crippen LogP contribution in [0.4, 0.5) is 10.1 Å². The molecule has 1 fully saturated rings. The molecule has 2 amide bonds. The summed E-state index contributed by atoms with van der Waals surface area (Å²) >= 11 is 6.12. The Balaban J connectivity index is 1.58. The summed E-state index contributed by atoms with van der Waals surface area (Å²) in [6.45, 7) is 0.372. The second-order valence-electron chi connectivity index (χ2n) is 8.13. The number of benzene rings is 2. The van der Waals surface area contributed by atoms with E-state index in [1.165, 1.54) is 18.6 Å². The van der Waals surface area contributed by atoms with Crippen LogP contribution in [0, 0.1) is 5.82 Å². The van der Waals surface area contributed by atoms with E-state index in [-0.39, 0.29) is 22.9 Å². The van der Waals surface area contributed by atoms with Crippen LogP contribution in [-0.4, -0.2) is 27.7 Å². The Morgan fingerprint density at radius 2 is 1.90 bits per heavy atom. The molecule has 0 saturated heterocycles. The van der Waals surface area contributed by atoms with E-state index in [1.807, 2.05) is 23.1 Å². The maximum atomic E-state index is 13.4. The second-order valence-corrected chi connectivity index (χ2v) is 8.54. The first-order valence-corrected chi connectivity index (χ1v) is 10.9. The molecule has 158 valence electrons. The van der Waals surface area contributed by atoms with Crippen molar-refractivity contribution in [3.05, 3.63) is 70.1 Å². The van der Waals surface area contributed by atoms with Crippen LogP contribution >= 0.6 is 11.6 Å². The number of nitrogens with zero attached hydrogens (tertiary/aromatic N) is 2. The fraction of sp³-hybridized carbons (Fsp3) is 0.292. The van der Waals surface area contributed by atoms with Crippen LogP contribution in [0.1, 0.15) is 58.5 Å². The lowest BCUT2D eigenvalue weighted by atomic mass is 9.94. The van der Waals surface area contributed by atoms with E-state index < -0.39 is 5.82 Å². The van der Waals surface area contributed by atoms with Crippen molar-refractivity contribution in [1.29, 1.82) is 0 Å². The van der Waals surface area contributed by atoms with E-state index in [4.69, 9.17) is 11.6 Å². The Morgan fingerprint density at radius 3 is 2.68 bits per heavy atom. The van der Waals surface area contributed by atoms with Crippen molar-refractivity contribution in [2.75, 3.05) is 5.32 Å². The van der Waals surface area contributed by atoms with Gasteiger partial charge in [0.2, 0.25) is 0 Å². The van der Waals surface area contributed by atoms with Gasteiger partial charge < -0.3 is 10.2 Å². The van der Waals surface area contributed by atoms with Gasteiger partial charge >= 0.3 is 0 Å². The van der Waals surface area contributed by atoms with Gasteiger partial charge in [-0.3, -0.25) is 9.59 Å². The van der Waals surface area contributed by atoms with Gasteiger partial charge in [0.1, 0.15) is 11.5 Å². The van der Waals surface area contributed by atoms with E-state index in [0.29, 0.717) is 40.0 Å². The highest BCUT2D eigenvalue weighted by Crippen LogP contribution is 2.35. The Kier molecular flexibility index (Phi) is 5.10. The first kappa shape index (κ1) is 19.9. The normalized spacial score (nSPS) is 16.6. The number of rotatable bonds is 3. The van der Waals surface area contributed by atoms with Crippen molar-refractivity contribution >= 4 is 40.0 Å². The molecule has 0 radical (unpaired) electrons. The molecule has 2 aromatic carbocycles. The number of anilines is 1. The Hall–Kier alpha value is -2.99. The number of para-hydroxylation sites is 1. The molecular formula is C24H21ClFN3O2. The number of carbonyl (C=O) groups is 2. The van der Waals surface area contributed by atoms with E-state index in [0.717, 1.165) is 31.7 Å². The maximum absolute atomic E-state index is 13.4. The largest absolute Gasteiger partial charge is 0.330 e. The minimum Gasteiger partial charge on any atom is -0.330 e. The van der Waals surface area contributed by atoms with Gasteiger partial charge in [0, 0.05) is 23.5 Å². The average molecular weight is 438 g/mol. The molecule has 0 unspecified atom stereocenters. The average Bonchev–Trinajstić information content (AvgIpc) is 3.10. The van der Waals surface area contributed by atoms with Gasteiger partial charge in [-0.2, -0.15) is 0 Å². The molecule has 1 aliphatic heterocycles. The summed E-state index contributed by atoms with van der Waals surface area (Å²) in [5.74, 6) is -0.977. The van der Waals surface area contributed by atoms with Gasteiger partial charge in [-0.15, -0.1) is 0 Å². The standard InChI is InChI=1S/C24H21ClFN3O2/c25-18-12-14(26)10-11-20(18)28-23(30)21-16-8-4-5-9-19(16)27-22-17(21)13-29(24(22)31)15-6-2-1-3-7-15/h4-5,8-12,15H,1-3,6-7,13H2,(H,28,30). The van der Waals surface area contributed by atoms with E-state index in [9.17, 15) is 14.0 Å². The van der Waals surface area contributed by atoms with Crippen LogP contribution in [0.2, 0.25) is 5.02 Å². The number of carbonyl (C=O) groups excluding carboxylic acids is 2. The number of nitrogens with one attached hydrogen (secondary N) is 1. The number of aromatic nitrogens is 1. The number of amides is 2. The van der Waals surface area contributed by atoms with Gasteiger partial charge in [-0.05, 0) is 37.1 Å². The lowest BCUT2D eigenvalue weighted by Crippen LogP contribution is -2.37. The van der Waals surface area contributed by atoms with Gasteiger partial charge in [-0.25, -0.2) is 9.37 Å². The molecular weight excluding hydrogens is 417 g/mol. The second kappa shape index (κ2) is 7.93. The van der Waals surface area contributed by atoms with Crippen LogP contribution < -0.4 is 5.32 Å². The zero-order valence-corrected chi connectivity index (χ0v) is 17.6. The third-order valence-electron chi connectivity index (χ3n) is 6.21. The molecule has 1 aliphatic carbocycles. The molecule has 5 nitrogen and oxygen atoms in total. The Morgan fingerprint density at radius 1 is 1.13 bits per heavy atom. The quantitative estimate of drug-likeness (QED) is 0.582. The van der Waals surface area contributed by atoms with Crippen molar-refractivity contribution in [1.82, 2.24) is 9.88 Å². The van der Waals surface area contributed by atoms with E-state index in [2.05, 4.69) is 10.3 Å². The highest BCUT2D eigenvalue weighted by Gasteiger charge is 2.38. The third-order valence-corrected chi connectivity index (χ3v) is 6.52. The molecule has 0 atom stereocenters. The summed E-state index contributed by atoms with van der Waals surface area (Å²) in [5.41, 5.74) is 2.32. The summed E-state index contributed by atoms with van der Waals surface area (Å²) < 4.78 is 13.4. The minimum atomic E-state index is -0.480. The smallest absolute Gasteiger partial charge is 0.273 e. The predicted octanol–water partition coefficient (Wildman–Crippen LogP) is 5.57. The molecule has 2 heterocycles. The molecule has 31 heavy (non-hydrogen) atoms. The highest BCUT2D eigenvalue weighted by molar-refractivity contribution is 6.34. The lowest BCUT2D eigenvalue weighted by molar-refractivity contribution is 0.0655. The zero-order chi connectivity index (χ0) is 21.5. The number of hydrogen-bond acceptors (Lipinski definition) is 3. The lowest BCUT2D eigenvalue weighted by Gasteiger charge is -2.30. The van der Waals surface area contributed by atoms with Crippen molar-refractivity contribution in [3.8, 4) is 0 Å². The van der Waals surface area contributed by atoms with Gasteiger partial charge in [0.05, 0.1) is 21.8 Å². The van der Waals surface area contributed by atoms with Crippen molar-refractivity contribution < 1.29 is 14.0 Å². The summed E-state index contributed by atoms with van der Waals surface area (Å²) in [5, 5.41) is 3.58. The van der Waals surface area contributed by atoms with Gasteiger partial charge in [0.25, 0.3) is 11.8 Å². The third kappa shape index (κ3) is 3.55. The van der Waals surface area contributed by atoms with Crippen LogP contribution in [0.3, 0.4) is 0 Å². The number of hydrogen-bond donors (Lipinski definition) is 1. The van der Waals surface area contributed by atoms with Gasteiger partial charge in [0.15, 0.2) is 0 Å². The van der Waals surface area contributed by atoms with Crippen molar-refractivity contribution in [2.24, 2.45) is 0 Å². The fourth-order valence-electron chi connectivity index (χ4n) is 4.68. The maximum Gasteiger partial charge on any atom is 0.273 e. The molecule has 1 N–H and O–H groups in total. The topological polar surface area (TPSA) is 62.3 Å². The molecule has 7 heteroatoms. The molecule has 3 aromatic rings. The highest BCUT2D eigenvalue weighted by atomic mass is 35.5. The van der Waals surface area contributed by atoms with Crippen LogP contribution in [-0.2, 0) is 6.54 Å².